The third-order valence-corrected chi connectivity index (χ3v) is 3.02. The SMILES string of the molecule is CC.CCCC=Nc1ccc2oc3ccccc3c2c1. The Kier molecular flexibility index (Phi) is 4.94. The van der Waals surface area contributed by atoms with Crippen LogP contribution in [0.15, 0.2) is 51.9 Å². The fraction of sp³-hybridized carbons (Fsp3) is 0.278. The van der Waals surface area contributed by atoms with Gasteiger partial charge in [0.15, 0.2) is 0 Å². The number of benzene rings is 2. The number of hydrogen-bond donors (Lipinski definition) is 0. The normalized spacial score (nSPS) is 10.9. The molecule has 2 heteroatoms. The summed E-state index contributed by atoms with van der Waals surface area (Å²) in [5.74, 6) is 0. The highest BCUT2D eigenvalue weighted by atomic mass is 16.3. The minimum absolute atomic E-state index is 0.922. The molecule has 0 unspecified atom stereocenters. The third-order valence-electron chi connectivity index (χ3n) is 3.02. The number of furan rings is 1. The molecule has 0 saturated carbocycles. The summed E-state index contributed by atoms with van der Waals surface area (Å²) in [6.07, 6.45) is 4.12. The lowest BCUT2D eigenvalue weighted by molar-refractivity contribution is 0.669. The van der Waals surface area contributed by atoms with Gasteiger partial charge in [-0.05, 0) is 30.7 Å². The Morgan fingerprint density at radius 3 is 2.55 bits per heavy atom. The van der Waals surface area contributed by atoms with Crippen LogP contribution in [0.4, 0.5) is 5.69 Å². The maximum absolute atomic E-state index is 5.78. The van der Waals surface area contributed by atoms with Crippen molar-refractivity contribution in [1.29, 1.82) is 0 Å². The Bertz CT molecular complexity index is 710. The van der Waals surface area contributed by atoms with E-state index in [1.54, 1.807) is 0 Å². The topological polar surface area (TPSA) is 25.5 Å². The second-order valence-corrected chi connectivity index (χ2v) is 4.38. The van der Waals surface area contributed by atoms with Gasteiger partial charge in [-0.25, -0.2) is 0 Å². The zero-order valence-electron chi connectivity index (χ0n) is 12.4. The van der Waals surface area contributed by atoms with Crippen molar-refractivity contribution in [3.63, 3.8) is 0 Å². The van der Waals surface area contributed by atoms with E-state index in [2.05, 4.69) is 24.0 Å². The van der Waals surface area contributed by atoms with Crippen molar-refractivity contribution in [3.05, 3.63) is 42.5 Å². The first-order valence-electron chi connectivity index (χ1n) is 7.32. The van der Waals surface area contributed by atoms with Crippen LogP contribution >= 0.6 is 0 Å². The van der Waals surface area contributed by atoms with Crippen LogP contribution in [-0.2, 0) is 0 Å². The van der Waals surface area contributed by atoms with Crippen molar-refractivity contribution in [2.75, 3.05) is 0 Å². The highest BCUT2D eigenvalue weighted by molar-refractivity contribution is 6.05. The molecule has 0 radical (unpaired) electrons. The van der Waals surface area contributed by atoms with Crippen LogP contribution in [0.1, 0.15) is 33.6 Å². The van der Waals surface area contributed by atoms with Gasteiger partial charge in [0.1, 0.15) is 11.2 Å². The second-order valence-electron chi connectivity index (χ2n) is 4.38. The van der Waals surface area contributed by atoms with Crippen LogP contribution in [0.3, 0.4) is 0 Å². The molecule has 0 bridgehead atoms. The van der Waals surface area contributed by atoms with E-state index in [4.69, 9.17) is 4.42 Å². The van der Waals surface area contributed by atoms with Crippen molar-refractivity contribution in [3.8, 4) is 0 Å². The lowest BCUT2D eigenvalue weighted by atomic mass is 10.1. The molecule has 3 aromatic rings. The lowest BCUT2D eigenvalue weighted by Gasteiger charge is -1.93. The Labute approximate surface area is 120 Å². The van der Waals surface area contributed by atoms with E-state index in [9.17, 15) is 0 Å². The van der Waals surface area contributed by atoms with Crippen LogP contribution in [0.25, 0.3) is 21.9 Å². The van der Waals surface area contributed by atoms with Crippen LogP contribution in [0, 0.1) is 0 Å². The molecule has 0 aliphatic rings. The molecule has 0 amide bonds. The first-order chi connectivity index (χ1) is 9.88. The predicted octanol–water partition coefficient (Wildman–Crippen LogP) is 6.11. The summed E-state index contributed by atoms with van der Waals surface area (Å²) in [4.78, 5) is 4.47. The molecule has 3 rings (SSSR count). The number of fused-ring (bicyclic) bond motifs is 3. The molecule has 0 atom stereocenters. The standard InChI is InChI=1S/C16H15NO.C2H6/c1-2-3-10-17-12-8-9-16-14(11-12)13-6-4-5-7-15(13)18-16;1-2/h4-11H,2-3H2,1H3;1-2H3. The van der Waals surface area contributed by atoms with Crippen molar-refractivity contribution >= 4 is 33.8 Å². The van der Waals surface area contributed by atoms with Crippen molar-refractivity contribution < 1.29 is 4.42 Å². The summed E-state index contributed by atoms with van der Waals surface area (Å²) in [6.45, 7) is 6.15. The van der Waals surface area contributed by atoms with Crippen molar-refractivity contribution in [2.45, 2.75) is 33.6 Å². The zero-order valence-corrected chi connectivity index (χ0v) is 12.4. The number of unbranched alkanes of at least 4 members (excludes halogenated alkanes) is 1. The number of nitrogens with zero attached hydrogens (tertiary/aromatic N) is 1. The molecule has 1 heterocycles. The molecule has 0 saturated heterocycles. The van der Waals surface area contributed by atoms with E-state index >= 15 is 0 Å². The van der Waals surface area contributed by atoms with Gasteiger partial charge in [-0.1, -0.05) is 45.4 Å². The van der Waals surface area contributed by atoms with Gasteiger partial charge in [0, 0.05) is 17.0 Å². The molecule has 0 N–H and O–H groups in total. The number of hydrogen-bond acceptors (Lipinski definition) is 2. The van der Waals surface area contributed by atoms with Crippen LogP contribution in [-0.4, -0.2) is 6.21 Å². The van der Waals surface area contributed by atoms with Gasteiger partial charge < -0.3 is 4.42 Å². The molecular weight excluding hydrogens is 246 g/mol. The van der Waals surface area contributed by atoms with Crippen LogP contribution in [0.2, 0.25) is 0 Å². The minimum Gasteiger partial charge on any atom is -0.456 e. The average molecular weight is 267 g/mol. The van der Waals surface area contributed by atoms with Gasteiger partial charge in [0.05, 0.1) is 5.69 Å². The molecule has 0 aliphatic heterocycles. The lowest BCUT2D eigenvalue weighted by Crippen LogP contribution is -1.72. The summed E-state index contributed by atoms with van der Waals surface area (Å²) in [7, 11) is 0. The van der Waals surface area contributed by atoms with E-state index < -0.39 is 0 Å². The molecule has 2 aromatic carbocycles. The highest BCUT2D eigenvalue weighted by Gasteiger charge is 2.05. The highest BCUT2D eigenvalue weighted by Crippen LogP contribution is 2.31. The monoisotopic (exact) mass is 267 g/mol. The smallest absolute Gasteiger partial charge is 0.135 e. The van der Waals surface area contributed by atoms with E-state index in [0.717, 1.165) is 40.5 Å². The molecule has 104 valence electrons. The van der Waals surface area contributed by atoms with Gasteiger partial charge in [0.2, 0.25) is 0 Å². The first-order valence-corrected chi connectivity index (χ1v) is 7.32. The Morgan fingerprint density at radius 1 is 1.00 bits per heavy atom. The number of para-hydroxylation sites is 1. The maximum atomic E-state index is 5.78. The molecule has 1 aromatic heterocycles. The van der Waals surface area contributed by atoms with E-state index in [1.807, 2.05) is 50.4 Å². The van der Waals surface area contributed by atoms with Crippen molar-refractivity contribution in [2.24, 2.45) is 4.99 Å². The van der Waals surface area contributed by atoms with Gasteiger partial charge in [-0.3, -0.25) is 4.99 Å². The summed E-state index contributed by atoms with van der Waals surface area (Å²) < 4.78 is 5.78. The quantitative estimate of drug-likeness (QED) is 0.525. The first kappa shape index (κ1) is 14.3. The second kappa shape index (κ2) is 6.90. The fourth-order valence-electron chi connectivity index (χ4n) is 2.09. The van der Waals surface area contributed by atoms with Gasteiger partial charge in [-0.15, -0.1) is 0 Å². The van der Waals surface area contributed by atoms with Crippen LogP contribution < -0.4 is 0 Å². The zero-order chi connectivity index (χ0) is 14.4. The van der Waals surface area contributed by atoms with Crippen molar-refractivity contribution in [1.82, 2.24) is 0 Å². The predicted molar refractivity (Wildman–Crippen MR) is 88.1 cm³/mol. The summed E-state index contributed by atoms with van der Waals surface area (Å²) in [5, 5.41) is 2.29. The Hall–Kier alpha value is -2.09. The summed E-state index contributed by atoms with van der Waals surface area (Å²) in [6, 6.07) is 14.2. The van der Waals surface area contributed by atoms with Gasteiger partial charge >= 0.3 is 0 Å². The molecule has 2 nitrogen and oxygen atoms in total. The van der Waals surface area contributed by atoms with Gasteiger partial charge in [-0.2, -0.15) is 0 Å². The summed E-state index contributed by atoms with van der Waals surface area (Å²) in [5.41, 5.74) is 2.84. The maximum Gasteiger partial charge on any atom is 0.135 e. The molecule has 0 spiro atoms. The molecule has 0 aliphatic carbocycles. The van der Waals surface area contributed by atoms with Gasteiger partial charge in [0.25, 0.3) is 0 Å². The summed E-state index contributed by atoms with van der Waals surface area (Å²) >= 11 is 0. The van der Waals surface area contributed by atoms with E-state index in [-0.39, 0.29) is 0 Å². The van der Waals surface area contributed by atoms with E-state index in [0.29, 0.717) is 0 Å². The third kappa shape index (κ3) is 2.90. The Balaban J connectivity index is 0.000000704. The van der Waals surface area contributed by atoms with Crippen LogP contribution in [0.5, 0.6) is 0 Å². The van der Waals surface area contributed by atoms with E-state index in [1.165, 1.54) is 0 Å². The molecule has 0 fully saturated rings. The number of rotatable bonds is 3. The largest absolute Gasteiger partial charge is 0.456 e. The molecule has 20 heavy (non-hydrogen) atoms. The average Bonchev–Trinajstić information content (AvgIpc) is 2.88. The fourth-order valence-corrected chi connectivity index (χ4v) is 2.09. The Morgan fingerprint density at radius 2 is 1.75 bits per heavy atom. The molecular formula is C18H21NO. The minimum atomic E-state index is 0.922. The number of aliphatic imine (C=N–C) groups is 1.